The highest BCUT2D eigenvalue weighted by Gasteiger charge is 2.23. The lowest BCUT2D eigenvalue weighted by Crippen LogP contribution is -2.34. The van der Waals surface area contributed by atoms with Crippen LogP contribution < -0.4 is 11.1 Å². The van der Waals surface area contributed by atoms with E-state index in [2.05, 4.69) is 38.0 Å². The van der Waals surface area contributed by atoms with Gasteiger partial charge in [-0.15, -0.1) is 0 Å². The van der Waals surface area contributed by atoms with Crippen molar-refractivity contribution in [1.82, 2.24) is 5.32 Å². The largest absolute Gasteiger partial charge is 0.370 e. The van der Waals surface area contributed by atoms with E-state index in [1.165, 1.54) is 25.7 Å². The predicted molar refractivity (Wildman–Crippen MR) is 72.7 cm³/mol. The summed E-state index contributed by atoms with van der Waals surface area (Å²) in [5.41, 5.74) is 6.17. The van der Waals surface area contributed by atoms with E-state index < -0.39 is 0 Å². The molecule has 3 nitrogen and oxygen atoms in total. The van der Waals surface area contributed by atoms with Gasteiger partial charge in [-0.2, -0.15) is 0 Å². The first-order valence-corrected chi connectivity index (χ1v) is 6.67. The van der Waals surface area contributed by atoms with Crippen LogP contribution in [0.25, 0.3) is 0 Å². The second-order valence-corrected chi connectivity index (χ2v) is 4.54. The van der Waals surface area contributed by atoms with E-state index in [-0.39, 0.29) is 0 Å². The van der Waals surface area contributed by atoms with Crippen molar-refractivity contribution in [2.45, 2.75) is 59.8 Å². The first kappa shape index (κ1) is 15.3. The summed E-state index contributed by atoms with van der Waals surface area (Å²) in [6, 6.07) is 0. The van der Waals surface area contributed by atoms with Crippen molar-refractivity contribution < 1.29 is 0 Å². The van der Waals surface area contributed by atoms with Crippen LogP contribution in [0.5, 0.6) is 0 Å². The van der Waals surface area contributed by atoms with E-state index in [4.69, 9.17) is 5.73 Å². The quantitative estimate of drug-likeness (QED) is 0.380. The highest BCUT2D eigenvalue weighted by atomic mass is 15.1. The molecule has 0 spiro atoms. The molecule has 16 heavy (non-hydrogen) atoms. The third kappa shape index (κ3) is 5.38. The number of rotatable bonds is 8. The smallest absolute Gasteiger partial charge is 0.188 e. The van der Waals surface area contributed by atoms with Crippen LogP contribution >= 0.6 is 0 Å². The molecule has 0 amide bonds. The maximum Gasteiger partial charge on any atom is 0.188 e. The Labute approximate surface area is 101 Å². The first-order valence-electron chi connectivity index (χ1n) is 6.67. The Morgan fingerprint density at radius 1 is 1.12 bits per heavy atom. The molecule has 0 fully saturated rings. The Morgan fingerprint density at radius 2 is 1.69 bits per heavy atom. The lowest BCUT2D eigenvalue weighted by molar-refractivity contribution is 0.263. The number of aliphatic imine (C=N–C) groups is 1. The molecule has 3 heteroatoms. The highest BCUT2D eigenvalue weighted by molar-refractivity contribution is 5.77. The first-order chi connectivity index (χ1) is 7.64. The van der Waals surface area contributed by atoms with E-state index in [9.17, 15) is 0 Å². The van der Waals surface area contributed by atoms with Crippen LogP contribution in [0.15, 0.2) is 4.99 Å². The standard InChI is InChI=1S/C13H29N3/c1-5-9-10-15-12(14)16-11-13(6-2,7-3)8-4/h5-11H2,1-4H3,(H3,14,15,16). The molecule has 0 aromatic rings. The fraction of sp³-hybridized carbons (Fsp3) is 0.923. The fourth-order valence-electron chi connectivity index (χ4n) is 1.79. The Kier molecular flexibility index (Phi) is 8.04. The van der Waals surface area contributed by atoms with E-state index >= 15 is 0 Å². The lowest BCUT2D eigenvalue weighted by atomic mass is 9.80. The molecule has 96 valence electrons. The Morgan fingerprint density at radius 3 is 2.12 bits per heavy atom. The van der Waals surface area contributed by atoms with Crippen molar-refractivity contribution in [3.63, 3.8) is 0 Å². The van der Waals surface area contributed by atoms with Crippen molar-refractivity contribution in [3.05, 3.63) is 0 Å². The van der Waals surface area contributed by atoms with Gasteiger partial charge in [0.2, 0.25) is 0 Å². The van der Waals surface area contributed by atoms with Crippen LogP contribution in [-0.2, 0) is 0 Å². The molecule has 0 atom stereocenters. The van der Waals surface area contributed by atoms with E-state index in [1.807, 2.05) is 0 Å². The van der Waals surface area contributed by atoms with Crippen LogP contribution in [-0.4, -0.2) is 19.0 Å². The minimum Gasteiger partial charge on any atom is -0.370 e. The predicted octanol–water partition coefficient (Wildman–Crippen LogP) is 2.91. The molecule has 0 saturated carbocycles. The van der Waals surface area contributed by atoms with Gasteiger partial charge in [0.1, 0.15) is 0 Å². The average Bonchev–Trinajstić information content (AvgIpc) is 2.32. The monoisotopic (exact) mass is 227 g/mol. The maximum atomic E-state index is 5.82. The van der Waals surface area contributed by atoms with Gasteiger partial charge in [-0.25, -0.2) is 0 Å². The summed E-state index contributed by atoms with van der Waals surface area (Å²) in [6.45, 7) is 10.7. The molecule has 0 rings (SSSR count). The number of guanidine groups is 1. The molecule has 0 aliphatic heterocycles. The van der Waals surface area contributed by atoms with Crippen LogP contribution in [0.2, 0.25) is 0 Å². The topological polar surface area (TPSA) is 50.4 Å². The van der Waals surface area contributed by atoms with Gasteiger partial charge in [0.15, 0.2) is 5.96 Å². The second kappa shape index (κ2) is 8.43. The number of unbranched alkanes of at least 4 members (excludes halogenated alkanes) is 1. The van der Waals surface area contributed by atoms with Crippen molar-refractivity contribution in [2.75, 3.05) is 13.1 Å². The summed E-state index contributed by atoms with van der Waals surface area (Å²) < 4.78 is 0. The molecule has 0 aromatic carbocycles. The highest BCUT2D eigenvalue weighted by Crippen LogP contribution is 2.30. The van der Waals surface area contributed by atoms with Gasteiger partial charge in [-0.05, 0) is 31.1 Å². The summed E-state index contributed by atoms with van der Waals surface area (Å²) in [5, 5.41) is 3.16. The molecule has 0 heterocycles. The molecule has 0 aromatic heterocycles. The van der Waals surface area contributed by atoms with Crippen molar-refractivity contribution >= 4 is 5.96 Å². The summed E-state index contributed by atoms with van der Waals surface area (Å²) in [4.78, 5) is 4.46. The minimum atomic E-state index is 0.344. The summed E-state index contributed by atoms with van der Waals surface area (Å²) in [7, 11) is 0. The molecule has 0 radical (unpaired) electrons. The van der Waals surface area contributed by atoms with Crippen LogP contribution in [0.4, 0.5) is 0 Å². The van der Waals surface area contributed by atoms with Gasteiger partial charge in [-0.3, -0.25) is 4.99 Å². The Balaban J connectivity index is 4.10. The Hall–Kier alpha value is -0.730. The van der Waals surface area contributed by atoms with Crippen LogP contribution in [0, 0.1) is 5.41 Å². The third-order valence-corrected chi connectivity index (χ3v) is 3.67. The molecule has 0 aliphatic carbocycles. The summed E-state index contributed by atoms with van der Waals surface area (Å²) >= 11 is 0. The van der Waals surface area contributed by atoms with Gasteiger partial charge in [-0.1, -0.05) is 34.1 Å². The third-order valence-electron chi connectivity index (χ3n) is 3.67. The number of nitrogens with zero attached hydrogens (tertiary/aromatic N) is 1. The van der Waals surface area contributed by atoms with Crippen molar-refractivity contribution in [1.29, 1.82) is 0 Å². The molecule has 0 bridgehead atoms. The van der Waals surface area contributed by atoms with Crippen LogP contribution in [0.1, 0.15) is 59.8 Å². The van der Waals surface area contributed by atoms with E-state index in [0.717, 1.165) is 19.5 Å². The van der Waals surface area contributed by atoms with Crippen molar-refractivity contribution in [2.24, 2.45) is 16.1 Å². The average molecular weight is 227 g/mol. The molecule has 0 unspecified atom stereocenters. The molecule has 0 aliphatic rings. The zero-order chi connectivity index (χ0) is 12.4. The SMILES string of the molecule is CCCCNC(N)=NCC(CC)(CC)CC. The number of nitrogens with one attached hydrogen (secondary N) is 1. The van der Waals surface area contributed by atoms with Crippen LogP contribution in [0.3, 0.4) is 0 Å². The van der Waals surface area contributed by atoms with Gasteiger partial charge < -0.3 is 11.1 Å². The maximum absolute atomic E-state index is 5.82. The second-order valence-electron chi connectivity index (χ2n) is 4.54. The van der Waals surface area contributed by atoms with Gasteiger partial charge in [0.05, 0.1) is 0 Å². The zero-order valence-corrected chi connectivity index (χ0v) is 11.5. The van der Waals surface area contributed by atoms with Gasteiger partial charge >= 0.3 is 0 Å². The van der Waals surface area contributed by atoms with Crippen molar-refractivity contribution in [3.8, 4) is 0 Å². The summed E-state index contributed by atoms with van der Waals surface area (Å²) in [5.74, 6) is 0.605. The molecular formula is C13H29N3. The lowest BCUT2D eigenvalue weighted by Gasteiger charge is -2.28. The Bertz CT molecular complexity index is 187. The number of hydrogen-bond donors (Lipinski definition) is 2. The molecule has 3 N–H and O–H groups in total. The zero-order valence-electron chi connectivity index (χ0n) is 11.5. The normalized spacial score (nSPS) is 12.9. The minimum absolute atomic E-state index is 0.344. The number of nitrogens with two attached hydrogens (primary N) is 1. The number of hydrogen-bond acceptors (Lipinski definition) is 1. The summed E-state index contributed by atoms with van der Waals surface area (Å²) in [6.07, 6.45) is 5.85. The molecular weight excluding hydrogens is 198 g/mol. The fourth-order valence-corrected chi connectivity index (χ4v) is 1.79. The van der Waals surface area contributed by atoms with E-state index in [1.54, 1.807) is 0 Å². The molecule has 0 saturated heterocycles. The van der Waals surface area contributed by atoms with Gasteiger partial charge in [0, 0.05) is 13.1 Å². The van der Waals surface area contributed by atoms with Gasteiger partial charge in [0.25, 0.3) is 0 Å². The van der Waals surface area contributed by atoms with E-state index in [0.29, 0.717) is 11.4 Å².